The van der Waals surface area contributed by atoms with Gasteiger partial charge in [-0.2, -0.15) is 0 Å². The number of nitrogens with zero attached hydrogens (tertiary/aromatic N) is 4. The fourth-order valence-corrected chi connectivity index (χ4v) is 8.55. The van der Waals surface area contributed by atoms with Crippen molar-refractivity contribution < 1.29 is 4.74 Å². The first-order valence-electron chi connectivity index (χ1n) is 18.8. The van der Waals surface area contributed by atoms with E-state index in [1.54, 1.807) is 6.20 Å². The molecule has 1 aliphatic heterocycles. The van der Waals surface area contributed by atoms with E-state index >= 15 is 0 Å². The van der Waals surface area contributed by atoms with Crippen LogP contribution in [0.4, 0.5) is 0 Å². The second-order valence-corrected chi connectivity index (χ2v) is 14.2. The fourth-order valence-electron chi connectivity index (χ4n) is 8.55. The van der Waals surface area contributed by atoms with Crippen molar-refractivity contribution >= 4 is 0 Å². The van der Waals surface area contributed by atoms with Crippen molar-refractivity contribution in [3.63, 3.8) is 0 Å². The van der Waals surface area contributed by atoms with Gasteiger partial charge in [-0.1, -0.05) is 146 Å². The Labute approximate surface area is 324 Å². The third-order valence-corrected chi connectivity index (χ3v) is 11.1. The Kier molecular flexibility index (Phi) is 7.32. The van der Waals surface area contributed by atoms with E-state index in [4.69, 9.17) is 19.7 Å². The summed E-state index contributed by atoms with van der Waals surface area (Å²) in [4.78, 5) is 19.5. The van der Waals surface area contributed by atoms with Gasteiger partial charge in [0.1, 0.15) is 11.5 Å². The first-order valence-corrected chi connectivity index (χ1v) is 18.8. The molecule has 2 aliphatic rings. The molecule has 1 aliphatic carbocycles. The Morgan fingerprint density at radius 1 is 0.339 bits per heavy atom. The molecule has 0 unspecified atom stereocenters. The van der Waals surface area contributed by atoms with Gasteiger partial charge in [0.25, 0.3) is 0 Å². The topological polar surface area (TPSA) is 60.8 Å². The lowest BCUT2D eigenvalue weighted by Gasteiger charge is -2.40. The summed E-state index contributed by atoms with van der Waals surface area (Å²) in [7, 11) is 0. The average Bonchev–Trinajstić information content (AvgIpc) is 3.58. The van der Waals surface area contributed by atoms with Gasteiger partial charge in [-0.25, -0.2) is 15.0 Å². The van der Waals surface area contributed by atoms with Crippen LogP contribution in [0, 0.1) is 0 Å². The molecule has 5 nitrogen and oxygen atoms in total. The Bertz CT molecular complexity index is 2830. The van der Waals surface area contributed by atoms with Crippen molar-refractivity contribution in [3.8, 4) is 79.0 Å². The second-order valence-electron chi connectivity index (χ2n) is 14.2. The minimum Gasteiger partial charge on any atom is -0.457 e. The highest BCUT2D eigenvalue weighted by atomic mass is 16.5. The molecule has 0 radical (unpaired) electrons. The van der Waals surface area contributed by atoms with Gasteiger partial charge in [0.2, 0.25) is 0 Å². The van der Waals surface area contributed by atoms with E-state index in [9.17, 15) is 0 Å². The van der Waals surface area contributed by atoms with Crippen LogP contribution in [0.2, 0.25) is 0 Å². The highest BCUT2D eigenvalue weighted by Gasteiger charge is 2.51. The summed E-state index contributed by atoms with van der Waals surface area (Å²) in [6.07, 6.45) is 3.70. The van der Waals surface area contributed by atoms with Gasteiger partial charge in [0.15, 0.2) is 17.5 Å². The zero-order chi connectivity index (χ0) is 37.1. The summed E-state index contributed by atoms with van der Waals surface area (Å²) in [5.41, 5.74) is 13.6. The lowest BCUT2D eigenvalue weighted by Crippen LogP contribution is -2.32. The first kappa shape index (κ1) is 32.0. The van der Waals surface area contributed by atoms with Gasteiger partial charge >= 0.3 is 0 Å². The number of hydrogen-bond acceptors (Lipinski definition) is 5. The van der Waals surface area contributed by atoms with Crippen LogP contribution in [0.1, 0.15) is 22.3 Å². The smallest absolute Gasteiger partial charge is 0.164 e. The van der Waals surface area contributed by atoms with Gasteiger partial charge in [0, 0.05) is 40.2 Å². The van der Waals surface area contributed by atoms with Crippen LogP contribution in [0.25, 0.3) is 67.5 Å². The summed E-state index contributed by atoms with van der Waals surface area (Å²) in [6, 6.07) is 63.6. The molecule has 3 heterocycles. The van der Waals surface area contributed by atoms with Crippen LogP contribution in [-0.2, 0) is 5.41 Å². The predicted molar refractivity (Wildman–Crippen MR) is 222 cm³/mol. The van der Waals surface area contributed by atoms with Crippen molar-refractivity contribution in [2.45, 2.75) is 5.41 Å². The molecule has 0 fully saturated rings. The normalized spacial score (nSPS) is 12.9. The highest BCUT2D eigenvalue weighted by molar-refractivity contribution is 5.90. The zero-order valence-electron chi connectivity index (χ0n) is 30.2. The number of pyridine rings is 1. The van der Waals surface area contributed by atoms with Crippen LogP contribution in [-0.4, -0.2) is 19.9 Å². The minimum atomic E-state index is -0.671. The number of fused-ring (bicyclic) bond motifs is 9. The van der Waals surface area contributed by atoms with Crippen LogP contribution < -0.4 is 4.74 Å². The van der Waals surface area contributed by atoms with Gasteiger partial charge in [-0.3, -0.25) is 4.98 Å². The van der Waals surface area contributed by atoms with E-state index in [2.05, 4.69) is 120 Å². The molecule has 9 aromatic rings. The Morgan fingerprint density at radius 3 is 1.34 bits per heavy atom. The van der Waals surface area contributed by atoms with Crippen molar-refractivity contribution in [2.75, 3.05) is 0 Å². The second kappa shape index (κ2) is 12.8. The number of rotatable bonds is 5. The van der Waals surface area contributed by atoms with E-state index in [1.165, 1.54) is 22.3 Å². The molecule has 56 heavy (non-hydrogen) atoms. The quantitative estimate of drug-likeness (QED) is 0.177. The molecule has 7 aromatic carbocycles. The number of aromatic nitrogens is 4. The highest BCUT2D eigenvalue weighted by Crippen LogP contribution is 2.62. The summed E-state index contributed by atoms with van der Waals surface area (Å²) in [6.45, 7) is 0. The van der Waals surface area contributed by atoms with Crippen LogP contribution in [0.3, 0.4) is 0 Å². The molecule has 11 rings (SSSR count). The van der Waals surface area contributed by atoms with E-state index in [0.717, 1.165) is 61.6 Å². The SMILES string of the molecule is c1ccc(-c2nc(-c3ccccc3)nc(-c3ccc4c(c3)C3(c5cc(-c6ccc(-c7cccnc7)cc6)ccc5O4)c4ccccc4-c4ccccc43)n2)cc1. The lowest BCUT2D eigenvalue weighted by atomic mass is 9.65. The van der Waals surface area contributed by atoms with Crippen LogP contribution >= 0.6 is 0 Å². The largest absolute Gasteiger partial charge is 0.457 e. The van der Waals surface area contributed by atoms with Crippen LogP contribution in [0.15, 0.2) is 194 Å². The third kappa shape index (κ3) is 5.02. The zero-order valence-corrected chi connectivity index (χ0v) is 30.2. The monoisotopic (exact) mass is 716 g/mol. The molecule has 2 aromatic heterocycles. The maximum absolute atomic E-state index is 6.88. The maximum Gasteiger partial charge on any atom is 0.164 e. The van der Waals surface area contributed by atoms with Gasteiger partial charge < -0.3 is 4.74 Å². The molecule has 0 saturated carbocycles. The molecule has 0 atom stereocenters. The Hall–Kier alpha value is -7.50. The number of hydrogen-bond donors (Lipinski definition) is 0. The molecule has 0 N–H and O–H groups in total. The predicted octanol–water partition coefficient (Wildman–Crippen LogP) is 12.1. The lowest BCUT2D eigenvalue weighted by molar-refractivity contribution is 0.436. The van der Waals surface area contributed by atoms with E-state index < -0.39 is 5.41 Å². The summed E-state index contributed by atoms with van der Waals surface area (Å²) >= 11 is 0. The van der Waals surface area contributed by atoms with Crippen molar-refractivity contribution in [1.29, 1.82) is 0 Å². The van der Waals surface area contributed by atoms with Crippen LogP contribution in [0.5, 0.6) is 11.5 Å². The molecule has 1 spiro atoms. The summed E-state index contributed by atoms with van der Waals surface area (Å²) in [5, 5.41) is 0. The molecule has 0 amide bonds. The van der Waals surface area contributed by atoms with Crippen molar-refractivity contribution in [1.82, 2.24) is 19.9 Å². The van der Waals surface area contributed by atoms with E-state index in [1.807, 2.05) is 72.9 Å². The average molecular weight is 717 g/mol. The van der Waals surface area contributed by atoms with E-state index in [0.29, 0.717) is 17.5 Å². The van der Waals surface area contributed by atoms with Gasteiger partial charge in [-0.15, -0.1) is 0 Å². The maximum atomic E-state index is 6.88. The standard InChI is InChI=1S/C51H32N4O/c1-3-12-35(13-4-1)48-53-49(36-14-5-2-6-15-36)55-50(54-48)38-26-28-47-45(31-38)51(42-19-9-7-17-40(42)41-18-8-10-20-43(41)51)44-30-37(25-27-46(44)56-47)33-21-23-34(24-22-33)39-16-11-29-52-32-39/h1-32H. The fraction of sp³-hybridized carbons (Fsp3) is 0.0196. The molecule has 0 saturated heterocycles. The third-order valence-electron chi connectivity index (χ3n) is 11.1. The molecular formula is C51H32N4O. The summed E-state index contributed by atoms with van der Waals surface area (Å²) < 4.78 is 6.88. The van der Waals surface area contributed by atoms with Crippen molar-refractivity contribution in [2.24, 2.45) is 0 Å². The van der Waals surface area contributed by atoms with Gasteiger partial charge in [-0.05, 0) is 80.9 Å². The van der Waals surface area contributed by atoms with E-state index in [-0.39, 0.29) is 0 Å². The van der Waals surface area contributed by atoms with Crippen molar-refractivity contribution in [3.05, 3.63) is 217 Å². The number of ether oxygens (including phenoxy) is 1. The molecule has 5 heteroatoms. The molecule has 262 valence electrons. The molecule has 0 bridgehead atoms. The summed E-state index contributed by atoms with van der Waals surface area (Å²) in [5.74, 6) is 3.49. The first-order chi connectivity index (χ1) is 27.7. The number of benzene rings is 7. The van der Waals surface area contributed by atoms with Gasteiger partial charge in [0.05, 0.1) is 5.41 Å². The molecular weight excluding hydrogens is 685 g/mol. The minimum absolute atomic E-state index is 0.600. The Balaban J connectivity index is 1.13. The Morgan fingerprint density at radius 2 is 0.786 bits per heavy atom.